The first kappa shape index (κ1) is 35.2. The minimum atomic E-state index is 1.09. The van der Waals surface area contributed by atoms with Gasteiger partial charge >= 0.3 is 0 Å². The number of hydrogen-bond donors (Lipinski definition) is 0. The van der Waals surface area contributed by atoms with Crippen molar-refractivity contribution in [3.8, 4) is 50.2 Å². The van der Waals surface area contributed by atoms with Crippen LogP contribution < -0.4 is 4.90 Å². The number of rotatable bonds is 8. The van der Waals surface area contributed by atoms with Gasteiger partial charge in [0.15, 0.2) is 0 Å². The summed E-state index contributed by atoms with van der Waals surface area (Å²) in [5, 5.41) is 4.96. The third-order valence-corrected chi connectivity index (χ3v) is 11.8. The van der Waals surface area contributed by atoms with Gasteiger partial charge in [-0.25, -0.2) is 0 Å². The van der Waals surface area contributed by atoms with Gasteiger partial charge in [-0.3, -0.25) is 0 Å². The van der Waals surface area contributed by atoms with Gasteiger partial charge in [0.2, 0.25) is 0 Å². The van der Waals surface area contributed by atoms with E-state index in [1.54, 1.807) is 0 Å². The van der Waals surface area contributed by atoms with Crippen molar-refractivity contribution in [1.29, 1.82) is 0 Å². The Kier molecular flexibility index (Phi) is 8.87. The maximum Gasteiger partial charge on any atom is 0.0541 e. The summed E-state index contributed by atoms with van der Waals surface area (Å²) in [6, 6.07) is 87.9. The van der Waals surface area contributed by atoms with E-state index in [4.69, 9.17) is 0 Å². The molecule has 282 valence electrons. The fourth-order valence-electron chi connectivity index (χ4n) is 8.92. The van der Waals surface area contributed by atoms with Gasteiger partial charge in [0, 0.05) is 33.5 Å². The number of hydrogen-bond acceptors (Lipinski definition) is 1. The average Bonchev–Trinajstić information content (AvgIpc) is 3.66. The lowest BCUT2D eigenvalue weighted by Gasteiger charge is -2.27. The number of anilines is 3. The van der Waals surface area contributed by atoms with Crippen molar-refractivity contribution >= 4 is 49.6 Å². The summed E-state index contributed by atoms with van der Waals surface area (Å²) in [5.74, 6) is 0. The first-order valence-electron chi connectivity index (χ1n) is 20.6. The van der Waals surface area contributed by atoms with Gasteiger partial charge < -0.3 is 9.47 Å². The van der Waals surface area contributed by atoms with Crippen LogP contribution in [0.25, 0.3) is 82.8 Å². The summed E-state index contributed by atoms with van der Waals surface area (Å²) in [6.45, 7) is 0. The third kappa shape index (κ3) is 6.32. The van der Waals surface area contributed by atoms with Crippen LogP contribution in [-0.4, -0.2) is 4.57 Å². The van der Waals surface area contributed by atoms with Crippen molar-refractivity contribution < 1.29 is 0 Å². The van der Waals surface area contributed by atoms with Gasteiger partial charge in [-0.2, -0.15) is 0 Å². The summed E-state index contributed by atoms with van der Waals surface area (Å²) in [5.41, 5.74) is 16.4. The molecule has 0 radical (unpaired) electrons. The number of nitrogens with zero attached hydrogens (tertiary/aromatic N) is 2. The number of fused-ring (bicyclic) bond motifs is 4. The molecule has 10 aromatic carbocycles. The summed E-state index contributed by atoms with van der Waals surface area (Å²) in [7, 11) is 0. The lowest BCUT2D eigenvalue weighted by molar-refractivity contribution is 1.18. The van der Waals surface area contributed by atoms with Crippen LogP contribution in [0.2, 0.25) is 0 Å². The fraction of sp³-hybridized carbons (Fsp3) is 0. The Hall–Kier alpha value is -7.94. The van der Waals surface area contributed by atoms with Gasteiger partial charge in [-0.15, -0.1) is 0 Å². The van der Waals surface area contributed by atoms with Crippen molar-refractivity contribution in [3.05, 3.63) is 243 Å². The van der Waals surface area contributed by atoms with Crippen LogP contribution in [-0.2, 0) is 0 Å². The lowest BCUT2D eigenvalue weighted by atomic mass is 9.90. The predicted molar refractivity (Wildman–Crippen MR) is 255 cm³/mol. The summed E-state index contributed by atoms with van der Waals surface area (Å²) in [6.07, 6.45) is 0. The van der Waals surface area contributed by atoms with Gasteiger partial charge in [0.1, 0.15) is 0 Å². The van der Waals surface area contributed by atoms with Gasteiger partial charge in [-0.1, -0.05) is 176 Å². The van der Waals surface area contributed by atoms with Gasteiger partial charge in [-0.05, 0) is 122 Å². The zero-order valence-corrected chi connectivity index (χ0v) is 33.0. The molecule has 0 aliphatic carbocycles. The monoisotopic (exact) mass is 764 g/mol. The molecule has 1 heterocycles. The van der Waals surface area contributed by atoms with Crippen molar-refractivity contribution in [3.63, 3.8) is 0 Å². The lowest BCUT2D eigenvalue weighted by Crippen LogP contribution is -2.10. The Morgan fingerprint density at radius 1 is 0.267 bits per heavy atom. The van der Waals surface area contributed by atoms with Gasteiger partial charge in [0.05, 0.1) is 11.0 Å². The van der Waals surface area contributed by atoms with Crippen LogP contribution in [0.3, 0.4) is 0 Å². The normalized spacial score (nSPS) is 11.3. The van der Waals surface area contributed by atoms with E-state index in [1.807, 2.05) is 0 Å². The maximum atomic E-state index is 2.39. The first-order valence-corrected chi connectivity index (χ1v) is 20.6. The van der Waals surface area contributed by atoms with E-state index in [-0.39, 0.29) is 0 Å². The molecule has 0 aliphatic rings. The summed E-state index contributed by atoms with van der Waals surface area (Å²) < 4.78 is 2.37. The summed E-state index contributed by atoms with van der Waals surface area (Å²) >= 11 is 0. The molecule has 0 spiro atoms. The molecule has 1 aromatic heterocycles. The molecule has 0 saturated heterocycles. The molecule has 0 unspecified atom stereocenters. The molecule has 11 rings (SSSR count). The van der Waals surface area contributed by atoms with E-state index in [0.29, 0.717) is 0 Å². The van der Waals surface area contributed by atoms with Crippen molar-refractivity contribution in [2.75, 3.05) is 4.90 Å². The van der Waals surface area contributed by atoms with E-state index in [9.17, 15) is 0 Å². The quantitative estimate of drug-likeness (QED) is 0.150. The molecule has 0 saturated carbocycles. The minimum absolute atomic E-state index is 1.09. The van der Waals surface area contributed by atoms with E-state index in [1.165, 1.54) is 77.1 Å². The van der Waals surface area contributed by atoms with Gasteiger partial charge in [0.25, 0.3) is 0 Å². The third-order valence-electron chi connectivity index (χ3n) is 11.8. The topological polar surface area (TPSA) is 8.17 Å². The van der Waals surface area contributed by atoms with Crippen LogP contribution >= 0.6 is 0 Å². The second kappa shape index (κ2) is 15.1. The summed E-state index contributed by atoms with van der Waals surface area (Å²) in [4.78, 5) is 2.39. The number of aromatic nitrogens is 1. The SMILES string of the molecule is c1ccc(-c2ccc(N(c3ccc(-c4ccc5c(c4)c4ccccc4n5-c4ccccc4)cc3)c3ccc(-c4ccccc4)c(-c4cccc5ccccc45)c3)cc2)cc1. The molecular weight excluding hydrogens is 725 g/mol. The van der Waals surface area contributed by atoms with Crippen LogP contribution in [0.5, 0.6) is 0 Å². The number of benzene rings is 10. The van der Waals surface area contributed by atoms with E-state index in [0.717, 1.165) is 22.7 Å². The zero-order valence-electron chi connectivity index (χ0n) is 33.0. The molecule has 11 aromatic rings. The second-order valence-corrected chi connectivity index (χ2v) is 15.3. The fourth-order valence-corrected chi connectivity index (χ4v) is 8.92. The second-order valence-electron chi connectivity index (χ2n) is 15.3. The van der Waals surface area contributed by atoms with Crippen LogP contribution in [0.4, 0.5) is 17.1 Å². The molecule has 0 bridgehead atoms. The molecule has 0 amide bonds. The van der Waals surface area contributed by atoms with Crippen LogP contribution in [0, 0.1) is 0 Å². The Labute approximate surface area is 350 Å². The molecular formula is C58H40N2. The van der Waals surface area contributed by atoms with Crippen LogP contribution in [0.1, 0.15) is 0 Å². The Balaban J connectivity index is 1.05. The standard InChI is InChI=1S/C58H40N2/c1-4-15-41(16-5-1)42-27-32-48(33-28-42)59(50-36-37-52(44-17-6-2-7-18-44)55(40-50)53-25-14-20-45-19-10-11-23-51(45)53)49-34-29-43(30-35-49)46-31-38-58-56(39-46)54-24-12-13-26-57(54)60(58)47-21-8-3-9-22-47/h1-40H. The molecule has 2 heteroatoms. The zero-order chi connectivity index (χ0) is 39.8. The van der Waals surface area contributed by atoms with Crippen molar-refractivity contribution in [2.24, 2.45) is 0 Å². The number of para-hydroxylation sites is 2. The molecule has 0 atom stereocenters. The molecule has 0 aliphatic heterocycles. The first-order chi connectivity index (χ1) is 29.8. The average molecular weight is 765 g/mol. The van der Waals surface area contributed by atoms with Crippen LogP contribution in [0.15, 0.2) is 243 Å². The Morgan fingerprint density at radius 3 is 1.50 bits per heavy atom. The highest BCUT2D eigenvalue weighted by molar-refractivity contribution is 6.10. The van der Waals surface area contributed by atoms with E-state index >= 15 is 0 Å². The predicted octanol–water partition coefficient (Wildman–Crippen LogP) is 16.1. The van der Waals surface area contributed by atoms with Crippen molar-refractivity contribution in [2.45, 2.75) is 0 Å². The largest absolute Gasteiger partial charge is 0.310 e. The molecule has 2 nitrogen and oxygen atoms in total. The van der Waals surface area contributed by atoms with E-state index in [2.05, 4.69) is 252 Å². The van der Waals surface area contributed by atoms with E-state index < -0.39 is 0 Å². The Bertz CT molecular complexity index is 3270. The molecule has 0 N–H and O–H groups in total. The molecule has 60 heavy (non-hydrogen) atoms. The highest BCUT2D eigenvalue weighted by Gasteiger charge is 2.19. The highest BCUT2D eigenvalue weighted by atomic mass is 15.1. The highest BCUT2D eigenvalue weighted by Crippen LogP contribution is 2.43. The smallest absolute Gasteiger partial charge is 0.0541 e. The molecule has 0 fully saturated rings. The maximum absolute atomic E-state index is 2.39. The Morgan fingerprint density at radius 2 is 0.783 bits per heavy atom. The minimum Gasteiger partial charge on any atom is -0.310 e. The van der Waals surface area contributed by atoms with Crippen molar-refractivity contribution in [1.82, 2.24) is 4.57 Å².